The van der Waals surface area contributed by atoms with Gasteiger partial charge in [-0.2, -0.15) is 0 Å². The zero-order valence-corrected chi connectivity index (χ0v) is 15.2. The molecule has 0 bridgehead atoms. The fourth-order valence-corrected chi connectivity index (χ4v) is 2.36. The zero-order chi connectivity index (χ0) is 19.8. The summed E-state index contributed by atoms with van der Waals surface area (Å²) in [4.78, 5) is 23.9. The highest BCUT2D eigenvalue weighted by Crippen LogP contribution is 2.18. The first-order chi connectivity index (χ1) is 12.9. The Morgan fingerprint density at radius 2 is 1.89 bits per heavy atom. The molecule has 0 radical (unpaired) electrons. The largest absolute Gasteiger partial charge is 0.497 e. The van der Waals surface area contributed by atoms with Crippen LogP contribution in [0.4, 0.5) is 10.5 Å². The molecule has 0 fully saturated rings. The van der Waals surface area contributed by atoms with Crippen molar-refractivity contribution >= 4 is 23.5 Å². The number of carbonyl (C=O) groups excluding carboxylic acids is 2. The minimum absolute atomic E-state index is 0.0483. The van der Waals surface area contributed by atoms with Gasteiger partial charge in [0.1, 0.15) is 11.6 Å². The molecule has 1 atom stereocenters. The molecule has 142 valence electrons. The SMILES string of the molecule is COc1cccc([C@@H](C)NC(=O)CNC(=O)Nc2ccc(C(=N)N)cc2)c1. The third-order valence-corrected chi connectivity index (χ3v) is 3.83. The molecule has 0 saturated carbocycles. The summed E-state index contributed by atoms with van der Waals surface area (Å²) in [6.45, 7) is 1.69. The number of nitrogen functional groups attached to an aromatic ring is 1. The molecule has 8 heteroatoms. The number of anilines is 1. The number of amides is 3. The second-order valence-electron chi connectivity index (χ2n) is 5.86. The van der Waals surface area contributed by atoms with E-state index in [0.29, 0.717) is 17.0 Å². The third kappa shape index (κ3) is 6.03. The Morgan fingerprint density at radius 3 is 2.52 bits per heavy atom. The van der Waals surface area contributed by atoms with Gasteiger partial charge in [-0.1, -0.05) is 12.1 Å². The zero-order valence-electron chi connectivity index (χ0n) is 15.2. The first-order valence-electron chi connectivity index (χ1n) is 8.31. The molecule has 0 aliphatic carbocycles. The topological polar surface area (TPSA) is 129 Å². The minimum Gasteiger partial charge on any atom is -0.497 e. The normalized spacial score (nSPS) is 11.2. The summed E-state index contributed by atoms with van der Waals surface area (Å²) in [7, 11) is 1.58. The van der Waals surface area contributed by atoms with Crippen molar-refractivity contribution in [3.05, 3.63) is 59.7 Å². The number of amidine groups is 1. The Balaban J connectivity index is 1.80. The number of ether oxygens (including phenoxy) is 1. The standard InChI is InChI=1S/C19H23N5O3/c1-12(14-4-3-5-16(10-14)27-2)23-17(25)11-22-19(26)24-15-8-6-13(7-9-15)18(20)21/h3-10,12H,11H2,1-2H3,(H3,20,21)(H,23,25)(H2,22,24,26)/t12-/m1/s1. The maximum absolute atomic E-state index is 12.0. The van der Waals surface area contributed by atoms with Crippen molar-refractivity contribution in [2.24, 2.45) is 5.73 Å². The van der Waals surface area contributed by atoms with Gasteiger partial charge in [-0.25, -0.2) is 4.79 Å². The predicted molar refractivity (Wildman–Crippen MR) is 104 cm³/mol. The summed E-state index contributed by atoms with van der Waals surface area (Å²) in [6, 6.07) is 13.2. The smallest absolute Gasteiger partial charge is 0.319 e. The van der Waals surface area contributed by atoms with Crippen molar-refractivity contribution in [1.29, 1.82) is 5.41 Å². The number of nitrogens with one attached hydrogen (secondary N) is 4. The van der Waals surface area contributed by atoms with Gasteiger partial charge in [0.15, 0.2) is 0 Å². The van der Waals surface area contributed by atoms with Crippen molar-refractivity contribution < 1.29 is 14.3 Å². The van der Waals surface area contributed by atoms with Crippen LogP contribution in [0.3, 0.4) is 0 Å². The summed E-state index contributed by atoms with van der Waals surface area (Å²) in [6.07, 6.45) is 0. The molecule has 3 amide bonds. The van der Waals surface area contributed by atoms with E-state index >= 15 is 0 Å². The van der Waals surface area contributed by atoms with Gasteiger partial charge < -0.3 is 26.4 Å². The fourth-order valence-electron chi connectivity index (χ4n) is 2.36. The molecule has 0 spiro atoms. The van der Waals surface area contributed by atoms with Crippen LogP contribution >= 0.6 is 0 Å². The van der Waals surface area contributed by atoms with E-state index in [1.807, 2.05) is 31.2 Å². The van der Waals surface area contributed by atoms with Crippen LogP contribution in [0.5, 0.6) is 5.75 Å². The molecule has 0 aliphatic rings. The Bertz CT molecular complexity index is 820. The highest BCUT2D eigenvalue weighted by atomic mass is 16.5. The number of hydrogen-bond acceptors (Lipinski definition) is 4. The van der Waals surface area contributed by atoms with E-state index in [1.165, 1.54) is 0 Å². The lowest BCUT2D eigenvalue weighted by atomic mass is 10.1. The molecule has 0 aliphatic heterocycles. The van der Waals surface area contributed by atoms with E-state index in [9.17, 15) is 9.59 Å². The van der Waals surface area contributed by atoms with E-state index in [-0.39, 0.29) is 24.3 Å². The van der Waals surface area contributed by atoms with Crippen molar-refractivity contribution in [1.82, 2.24) is 10.6 Å². The second kappa shape index (κ2) is 9.23. The molecule has 8 nitrogen and oxygen atoms in total. The number of methoxy groups -OCH3 is 1. The molecule has 2 rings (SSSR count). The minimum atomic E-state index is -0.505. The summed E-state index contributed by atoms with van der Waals surface area (Å²) < 4.78 is 5.17. The Labute approximate surface area is 157 Å². The average Bonchev–Trinajstić information content (AvgIpc) is 2.66. The van der Waals surface area contributed by atoms with Crippen LogP contribution in [0.15, 0.2) is 48.5 Å². The van der Waals surface area contributed by atoms with Gasteiger partial charge in [-0.05, 0) is 48.9 Å². The monoisotopic (exact) mass is 369 g/mol. The quantitative estimate of drug-likeness (QED) is 0.377. The van der Waals surface area contributed by atoms with E-state index in [1.54, 1.807) is 31.4 Å². The summed E-state index contributed by atoms with van der Waals surface area (Å²) in [5.74, 6) is 0.349. The number of urea groups is 1. The third-order valence-electron chi connectivity index (χ3n) is 3.83. The number of hydrogen-bond donors (Lipinski definition) is 5. The lowest BCUT2D eigenvalue weighted by molar-refractivity contribution is -0.120. The van der Waals surface area contributed by atoms with Crippen LogP contribution in [0, 0.1) is 5.41 Å². The van der Waals surface area contributed by atoms with E-state index < -0.39 is 6.03 Å². The van der Waals surface area contributed by atoms with Crippen LogP contribution in [0.25, 0.3) is 0 Å². The number of nitrogens with two attached hydrogens (primary N) is 1. The van der Waals surface area contributed by atoms with Gasteiger partial charge >= 0.3 is 6.03 Å². The van der Waals surface area contributed by atoms with E-state index in [2.05, 4.69) is 16.0 Å². The lowest BCUT2D eigenvalue weighted by Crippen LogP contribution is -2.39. The van der Waals surface area contributed by atoms with Crippen LogP contribution in [0.2, 0.25) is 0 Å². The highest BCUT2D eigenvalue weighted by Gasteiger charge is 2.11. The van der Waals surface area contributed by atoms with Crippen molar-refractivity contribution in [3.8, 4) is 5.75 Å². The van der Waals surface area contributed by atoms with Gasteiger partial charge in [0.2, 0.25) is 5.91 Å². The molecule has 2 aromatic rings. The molecule has 2 aromatic carbocycles. The maximum atomic E-state index is 12.0. The Hall–Kier alpha value is -3.55. The van der Waals surface area contributed by atoms with Gasteiger partial charge in [-0.3, -0.25) is 10.2 Å². The average molecular weight is 369 g/mol. The molecule has 0 saturated heterocycles. The molecule has 27 heavy (non-hydrogen) atoms. The number of rotatable bonds is 7. The highest BCUT2D eigenvalue weighted by molar-refractivity contribution is 5.96. The number of carbonyl (C=O) groups is 2. The maximum Gasteiger partial charge on any atom is 0.319 e. The lowest BCUT2D eigenvalue weighted by Gasteiger charge is -2.15. The van der Waals surface area contributed by atoms with Crippen LogP contribution in [-0.2, 0) is 4.79 Å². The fraction of sp³-hybridized carbons (Fsp3) is 0.211. The number of benzene rings is 2. The summed E-state index contributed by atoms with van der Waals surface area (Å²) in [5.41, 5.74) is 7.37. The molecule has 0 aromatic heterocycles. The van der Waals surface area contributed by atoms with Crippen molar-refractivity contribution in [2.75, 3.05) is 19.0 Å². The van der Waals surface area contributed by atoms with E-state index in [4.69, 9.17) is 15.9 Å². The van der Waals surface area contributed by atoms with Crippen LogP contribution in [-0.4, -0.2) is 31.4 Å². The summed E-state index contributed by atoms with van der Waals surface area (Å²) >= 11 is 0. The second-order valence-corrected chi connectivity index (χ2v) is 5.86. The first kappa shape index (κ1) is 19.8. The van der Waals surface area contributed by atoms with Gasteiger partial charge in [0, 0.05) is 11.3 Å². The molecule has 0 unspecified atom stereocenters. The Morgan fingerprint density at radius 1 is 1.19 bits per heavy atom. The predicted octanol–water partition coefficient (Wildman–Crippen LogP) is 1.98. The van der Waals surface area contributed by atoms with Crippen LogP contribution in [0.1, 0.15) is 24.1 Å². The van der Waals surface area contributed by atoms with Gasteiger partial charge in [0.25, 0.3) is 0 Å². The summed E-state index contributed by atoms with van der Waals surface area (Å²) in [5, 5.41) is 15.2. The van der Waals surface area contributed by atoms with Crippen LogP contribution < -0.4 is 26.4 Å². The molecular formula is C19H23N5O3. The van der Waals surface area contributed by atoms with Gasteiger partial charge in [-0.15, -0.1) is 0 Å². The van der Waals surface area contributed by atoms with Crippen molar-refractivity contribution in [2.45, 2.75) is 13.0 Å². The van der Waals surface area contributed by atoms with Crippen molar-refractivity contribution in [3.63, 3.8) is 0 Å². The Kier molecular flexibility index (Phi) is 6.76. The first-order valence-corrected chi connectivity index (χ1v) is 8.31. The van der Waals surface area contributed by atoms with Gasteiger partial charge in [0.05, 0.1) is 19.7 Å². The molecule has 6 N–H and O–H groups in total. The van der Waals surface area contributed by atoms with E-state index in [0.717, 1.165) is 5.56 Å². The molecular weight excluding hydrogens is 346 g/mol. The molecule has 0 heterocycles.